The number of nitrogens with one attached hydrogen (secondary N) is 2. The van der Waals surface area contributed by atoms with E-state index in [2.05, 4.69) is 20.7 Å². The predicted octanol–water partition coefficient (Wildman–Crippen LogP) is -1.03. The Hall–Kier alpha value is -1.89. The van der Waals surface area contributed by atoms with Crippen molar-refractivity contribution in [1.82, 2.24) is 9.97 Å². The van der Waals surface area contributed by atoms with Crippen LogP contribution < -0.4 is 22.3 Å². The minimum atomic E-state index is -0.453. The second-order valence-electron chi connectivity index (χ2n) is 2.69. The molecule has 0 bridgehead atoms. The Morgan fingerprint density at radius 3 is 2.93 bits per heavy atom. The summed E-state index contributed by atoms with van der Waals surface area (Å²) in [4.78, 5) is 18.4. The second kappa shape index (κ2) is 4.38. The number of hydrazine groups is 1. The van der Waals surface area contributed by atoms with E-state index in [1.807, 2.05) is 6.92 Å². The van der Waals surface area contributed by atoms with Gasteiger partial charge in [0.25, 0.3) is 0 Å². The topological polar surface area (TPSA) is 119 Å². The van der Waals surface area contributed by atoms with Crippen molar-refractivity contribution in [3.8, 4) is 0 Å². The van der Waals surface area contributed by atoms with Gasteiger partial charge in [0.05, 0.1) is 6.54 Å². The van der Waals surface area contributed by atoms with Crippen molar-refractivity contribution in [1.29, 1.82) is 0 Å². The summed E-state index contributed by atoms with van der Waals surface area (Å²) < 4.78 is 0. The van der Waals surface area contributed by atoms with Crippen LogP contribution in [0, 0.1) is 6.92 Å². The molecular weight excluding hydrogens is 184 g/mol. The van der Waals surface area contributed by atoms with E-state index in [0.29, 0.717) is 5.82 Å². The standard InChI is InChI=1S/C7H12N6O/c1-4-2-11-7(13-9)12-6(4)10-3-5(8)14/h2H,3,9H2,1H3,(H2,8,14)(H2,10,11,12,13). The molecule has 0 aliphatic rings. The number of anilines is 2. The largest absolute Gasteiger partial charge is 0.368 e. The highest BCUT2D eigenvalue weighted by molar-refractivity contribution is 5.78. The van der Waals surface area contributed by atoms with Crippen molar-refractivity contribution >= 4 is 17.7 Å². The van der Waals surface area contributed by atoms with Crippen LogP contribution in [0.1, 0.15) is 5.56 Å². The first kappa shape index (κ1) is 10.2. The first-order valence-corrected chi connectivity index (χ1v) is 3.96. The maximum absolute atomic E-state index is 10.5. The molecule has 0 aromatic carbocycles. The third-order valence-electron chi connectivity index (χ3n) is 1.53. The lowest BCUT2D eigenvalue weighted by molar-refractivity contribution is -0.116. The molecule has 76 valence electrons. The fourth-order valence-corrected chi connectivity index (χ4v) is 0.861. The van der Waals surface area contributed by atoms with Crippen molar-refractivity contribution in [2.45, 2.75) is 6.92 Å². The van der Waals surface area contributed by atoms with Crippen molar-refractivity contribution in [3.63, 3.8) is 0 Å². The molecule has 14 heavy (non-hydrogen) atoms. The molecule has 1 aromatic rings. The number of hydrogen-bond acceptors (Lipinski definition) is 6. The van der Waals surface area contributed by atoms with Gasteiger partial charge in [0, 0.05) is 11.8 Å². The molecule has 0 aliphatic heterocycles. The number of amides is 1. The molecule has 0 spiro atoms. The average molecular weight is 196 g/mol. The van der Waals surface area contributed by atoms with Crippen LogP contribution in [-0.2, 0) is 4.79 Å². The quantitative estimate of drug-likeness (QED) is 0.361. The molecule has 0 saturated heterocycles. The first-order chi connectivity index (χ1) is 6.63. The molecule has 7 heteroatoms. The summed E-state index contributed by atoms with van der Waals surface area (Å²) in [5, 5.41) is 2.77. The molecule has 1 heterocycles. The Morgan fingerprint density at radius 1 is 1.64 bits per heavy atom. The molecule has 1 rings (SSSR count). The number of hydrogen-bond donors (Lipinski definition) is 4. The lowest BCUT2D eigenvalue weighted by Crippen LogP contribution is -2.23. The molecule has 0 atom stereocenters. The number of rotatable bonds is 4. The molecule has 0 radical (unpaired) electrons. The number of carbonyl (C=O) groups excluding carboxylic acids is 1. The second-order valence-corrected chi connectivity index (χ2v) is 2.69. The number of aromatic nitrogens is 2. The molecule has 0 aliphatic carbocycles. The van der Waals surface area contributed by atoms with Crippen LogP contribution in [0.5, 0.6) is 0 Å². The van der Waals surface area contributed by atoms with E-state index >= 15 is 0 Å². The number of nitrogen functional groups attached to an aromatic ring is 1. The third-order valence-corrected chi connectivity index (χ3v) is 1.53. The fourth-order valence-electron chi connectivity index (χ4n) is 0.861. The maximum Gasteiger partial charge on any atom is 0.239 e. The number of primary amides is 1. The van der Waals surface area contributed by atoms with E-state index in [9.17, 15) is 4.79 Å². The molecule has 1 amide bonds. The smallest absolute Gasteiger partial charge is 0.239 e. The SMILES string of the molecule is Cc1cnc(NN)nc1NCC(N)=O. The Morgan fingerprint density at radius 2 is 2.36 bits per heavy atom. The molecule has 7 nitrogen and oxygen atoms in total. The van der Waals surface area contributed by atoms with Crippen LogP contribution in [0.25, 0.3) is 0 Å². The molecular formula is C7H12N6O. The van der Waals surface area contributed by atoms with E-state index < -0.39 is 5.91 Å². The van der Waals surface area contributed by atoms with Gasteiger partial charge in [0.2, 0.25) is 11.9 Å². The van der Waals surface area contributed by atoms with E-state index in [0.717, 1.165) is 5.56 Å². The summed E-state index contributed by atoms with van der Waals surface area (Å²) in [7, 11) is 0. The summed E-state index contributed by atoms with van der Waals surface area (Å²) >= 11 is 0. The Balaban J connectivity index is 2.78. The molecule has 1 aromatic heterocycles. The zero-order valence-electron chi connectivity index (χ0n) is 7.74. The summed E-state index contributed by atoms with van der Waals surface area (Å²) in [6.07, 6.45) is 1.59. The lowest BCUT2D eigenvalue weighted by Gasteiger charge is -2.07. The zero-order valence-corrected chi connectivity index (χ0v) is 7.74. The van der Waals surface area contributed by atoms with Gasteiger partial charge in [-0.2, -0.15) is 4.98 Å². The van der Waals surface area contributed by atoms with Crippen LogP contribution in [-0.4, -0.2) is 22.4 Å². The summed E-state index contributed by atoms with van der Waals surface area (Å²) in [6, 6.07) is 0. The molecule has 0 saturated carbocycles. The maximum atomic E-state index is 10.5. The van der Waals surface area contributed by atoms with Gasteiger partial charge in [-0.25, -0.2) is 10.8 Å². The monoisotopic (exact) mass is 196 g/mol. The van der Waals surface area contributed by atoms with Gasteiger partial charge < -0.3 is 11.1 Å². The highest BCUT2D eigenvalue weighted by Gasteiger charge is 2.03. The van der Waals surface area contributed by atoms with Crippen LogP contribution in [0.3, 0.4) is 0 Å². The van der Waals surface area contributed by atoms with Crippen molar-refractivity contribution < 1.29 is 4.79 Å². The Bertz CT molecular complexity index is 339. The minimum absolute atomic E-state index is 0.0296. The van der Waals surface area contributed by atoms with E-state index in [1.165, 1.54) is 0 Å². The van der Waals surface area contributed by atoms with Crippen LogP contribution >= 0.6 is 0 Å². The highest BCUT2D eigenvalue weighted by Crippen LogP contribution is 2.10. The number of aryl methyl sites for hydroxylation is 1. The van der Waals surface area contributed by atoms with E-state index in [-0.39, 0.29) is 12.5 Å². The van der Waals surface area contributed by atoms with E-state index in [1.54, 1.807) is 6.20 Å². The van der Waals surface area contributed by atoms with Gasteiger partial charge in [-0.05, 0) is 6.92 Å². The Labute approximate surface area is 80.9 Å². The normalized spacial score (nSPS) is 9.57. The predicted molar refractivity (Wildman–Crippen MR) is 52.3 cm³/mol. The first-order valence-electron chi connectivity index (χ1n) is 3.96. The van der Waals surface area contributed by atoms with Gasteiger partial charge >= 0.3 is 0 Å². The molecule has 6 N–H and O–H groups in total. The zero-order chi connectivity index (χ0) is 10.6. The average Bonchev–Trinajstić information content (AvgIpc) is 2.16. The number of nitrogens with two attached hydrogens (primary N) is 2. The number of carbonyl (C=O) groups is 1. The third kappa shape index (κ3) is 2.56. The summed E-state index contributed by atoms with van der Waals surface area (Å²) in [5.41, 5.74) is 8.09. The molecule has 0 unspecified atom stereocenters. The van der Waals surface area contributed by atoms with Crippen LogP contribution in [0.2, 0.25) is 0 Å². The number of nitrogens with zero attached hydrogens (tertiary/aromatic N) is 2. The lowest BCUT2D eigenvalue weighted by atomic mass is 10.3. The summed E-state index contributed by atoms with van der Waals surface area (Å²) in [5.74, 6) is 5.49. The minimum Gasteiger partial charge on any atom is -0.368 e. The van der Waals surface area contributed by atoms with E-state index in [4.69, 9.17) is 11.6 Å². The van der Waals surface area contributed by atoms with Crippen LogP contribution in [0.15, 0.2) is 6.20 Å². The van der Waals surface area contributed by atoms with Crippen LogP contribution in [0.4, 0.5) is 11.8 Å². The van der Waals surface area contributed by atoms with Gasteiger partial charge in [0.15, 0.2) is 0 Å². The van der Waals surface area contributed by atoms with Crippen molar-refractivity contribution in [2.75, 3.05) is 17.3 Å². The van der Waals surface area contributed by atoms with Gasteiger partial charge in [-0.1, -0.05) is 0 Å². The molecule has 0 fully saturated rings. The van der Waals surface area contributed by atoms with Gasteiger partial charge in [0.1, 0.15) is 5.82 Å². The van der Waals surface area contributed by atoms with Gasteiger partial charge in [-0.3, -0.25) is 10.2 Å². The van der Waals surface area contributed by atoms with Crippen molar-refractivity contribution in [2.24, 2.45) is 11.6 Å². The van der Waals surface area contributed by atoms with Gasteiger partial charge in [-0.15, -0.1) is 0 Å². The summed E-state index contributed by atoms with van der Waals surface area (Å²) in [6.45, 7) is 1.84. The Kier molecular flexibility index (Phi) is 3.19. The van der Waals surface area contributed by atoms with Crippen molar-refractivity contribution in [3.05, 3.63) is 11.8 Å². The fraction of sp³-hybridized carbons (Fsp3) is 0.286. The highest BCUT2D eigenvalue weighted by atomic mass is 16.1.